The van der Waals surface area contributed by atoms with Crippen LogP contribution in [0.4, 0.5) is 0 Å². The molecule has 0 saturated carbocycles. The number of benzene rings is 1. The second-order valence-corrected chi connectivity index (χ2v) is 3.46. The molecular formula is C11H16OS. The van der Waals surface area contributed by atoms with Crippen LogP contribution in [-0.2, 0) is 4.74 Å². The van der Waals surface area contributed by atoms with E-state index in [1.165, 1.54) is 5.56 Å². The van der Waals surface area contributed by atoms with Gasteiger partial charge in [-0.2, -0.15) is 0 Å². The summed E-state index contributed by atoms with van der Waals surface area (Å²) in [4.78, 5) is 0.995. The van der Waals surface area contributed by atoms with Gasteiger partial charge < -0.3 is 4.74 Å². The standard InChI is InChI=1S/C11H16OS/c1-3-11(12-4-2)9-5-7-10(13)8-6-9/h5-8,11,13H,3-4H2,1-2H3. The Morgan fingerprint density at radius 3 is 2.31 bits per heavy atom. The van der Waals surface area contributed by atoms with Crippen LogP contribution >= 0.6 is 12.6 Å². The number of ether oxygens (including phenoxy) is 1. The van der Waals surface area contributed by atoms with Crippen LogP contribution in [0.3, 0.4) is 0 Å². The molecule has 0 amide bonds. The summed E-state index contributed by atoms with van der Waals surface area (Å²) in [5.41, 5.74) is 1.24. The third-order valence-electron chi connectivity index (χ3n) is 2.00. The fourth-order valence-electron chi connectivity index (χ4n) is 1.34. The quantitative estimate of drug-likeness (QED) is 0.725. The first-order valence-electron chi connectivity index (χ1n) is 4.68. The van der Waals surface area contributed by atoms with Crippen LogP contribution in [0.15, 0.2) is 29.2 Å². The van der Waals surface area contributed by atoms with Crippen LogP contribution < -0.4 is 0 Å². The van der Waals surface area contributed by atoms with Gasteiger partial charge in [-0.1, -0.05) is 19.1 Å². The van der Waals surface area contributed by atoms with Crippen molar-refractivity contribution in [2.75, 3.05) is 6.61 Å². The molecule has 0 spiro atoms. The van der Waals surface area contributed by atoms with Gasteiger partial charge in [0.25, 0.3) is 0 Å². The molecule has 0 bridgehead atoms. The second kappa shape index (κ2) is 5.30. The molecule has 0 aliphatic heterocycles. The van der Waals surface area contributed by atoms with Gasteiger partial charge in [0.05, 0.1) is 6.10 Å². The van der Waals surface area contributed by atoms with E-state index in [1.54, 1.807) is 0 Å². The van der Waals surface area contributed by atoms with Crippen molar-refractivity contribution < 1.29 is 4.74 Å². The Kier molecular flexibility index (Phi) is 4.33. The molecule has 0 aliphatic rings. The SMILES string of the molecule is CCOC(CC)c1ccc(S)cc1. The number of hydrogen-bond acceptors (Lipinski definition) is 2. The van der Waals surface area contributed by atoms with E-state index in [0.717, 1.165) is 17.9 Å². The zero-order valence-electron chi connectivity index (χ0n) is 8.16. The minimum Gasteiger partial charge on any atom is -0.374 e. The Labute approximate surface area is 85.5 Å². The van der Waals surface area contributed by atoms with Crippen LogP contribution in [0.5, 0.6) is 0 Å². The van der Waals surface area contributed by atoms with Crippen LogP contribution in [-0.4, -0.2) is 6.61 Å². The predicted octanol–water partition coefficient (Wildman–Crippen LogP) is 3.46. The average molecular weight is 196 g/mol. The molecule has 1 nitrogen and oxygen atoms in total. The summed E-state index contributed by atoms with van der Waals surface area (Å²) < 4.78 is 5.59. The largest absolute Gasteiger partial charge is 0.374 e. The van der Waals surface area contributed by atoms with Crippen LogP contribution in [0.25, 0.3) is 0 Å². The van der Waals surface area contributed by atoms with Crippen molar-refractivity contribution >= 4 is 12.6 Å². The van der Waals surface area contributed by atoms with E-state index in [1.807, 2.05) is 19.1 Å². The summed E-state index contributed by atoms with van der Waals surface area (Å²) in [7, 11) is 0. The number of thiol groups is 1. The summed E-state index contributed by atoms with van der Waals surface area (Å²) in [6, 6.07) is 8.15. The van der Waals surface area contributed by atoms with Crippen molar-refractivity contribution in [1.82, 2.24) is 0 Å². The van der Waals surface area contributed by atoms with Crippen molar-refractivity contribution in [3.05, 3.63) is 29.8 Å². The Bertz CT molecular complexity index is 243. The second-order valence-electron chi connectivity index (χ2n) is 2.94. The maximum atomic E-state index is 5.59. The van der Waals surface area contributed by atoms with Gasteiger partial charge in [-0.25, -0.2) is 0 Å². The normalized spacial score (nSPS) is 12.8. The number of rotatable bonds is 4. The van der Waals surface area contributed by atoms with E-state index in [4.69, 9.17) is 4.74 Å². The topological polar surface area (TPSA) is 9.23 Å². The molecule has 0 saturated heterocycles. The summed E-state index contributed by atoms with van der Waals surface area (Å²) in [5.74, 6) is 0. The first-order valence-corrected chi connectivity index (χ1v) is 5.13. The summed E-state index contributed by atoms with van der Waals surface area (Å²) in [6.07, 6.45) is 1.25. The van der Waals surface area contributed by atoms with Gasteiger partial charge in [-0.05, 0) is 31.0 Å². The lowest BCUT2D eigenvalue weighted by Crippen LogP contribution is -2.02. The van der Waals surface area contributed by atoms with Gasteiger partial charge in [0.15, 0.2) is 0 Å². The lowest BCUT2D eigenvalue weighted by Gasteiger charge is -2.15. The molecule has 1 aromatic carbocycles. The van der Waals surface area contributed by atoms with E-state index < -0.39 is 0 Å². The summed E-state index contributed by atoms with van der Waals surface area (Å²) >= 11 is 4.24. The molecule has 0 aromatic heterocycles. The average Bonchev–Trinajstić information content (AvgIpc) is 2.16. The van der Waals surface area contributed by atoms with Gasteiger partial charge in [-0.15, -0.1) is 12.6 Å². The van der Waals surface area contributed by atoms with Gasteiger partial charge >= 0.3 is 0 Å². The zero-order valence-corrected chi connectivity index (χ0v) is 9.05. The van der Waals surface area contributed by atoms with E-state index in [0.29, 0.717) is 0 Å². The lowest BCUT2D eigenvalue weighted by atomic mass is 10.1. The van der Waals surface area contributed by atoms with Crippen molar-refractivity contribution in [2.24, 2.45) is 0 Å². The highest BCUT2D eigenvalue weighted by Gasteiger charge is 2.07. The highest BCUT2D eigenvalue weighted by Crippen LogP contribution is 2.21. The molecule has 72 valence electrons. The molecule has 1 atom stereocenters. The molecule has 0 radical (unpaired) electrons. The smallest absolute Gasteiger partial charge is 0.0822 e. The first kappa shape index (κ1) is 10.6. The Hall–Kier alpha value is -0.470. The van der Waals surface area contributed by atoms with Crippen LogP contribution in [0.1, 0.15) is 31.9 Å². The van der Waals surface area contributed by atoms with Crippen LogP contribution in [0.2, 0.25) is 0 Å². The Morgan fingerprint density at radius 1 is 1.23 bits per heavy atom. The molecule has 1 aromatic rings. The van der Waals surface area contributed by atoms with Crippen molar-refractivity contribution in [2.45, 2.75) is 31.3 Å². The van der Waals surface area contributed by atoms with Gasteiger partial charge in [0.1, 0.15) is 0 Å². The summed E-state index contributed by atoms with van der Waals surface area (Å²) in [5, 5.41) is 0. The molecule has 1 rings (SSSR count). The van der Waals surface area contributed by atoms with E-state index in [9.17, 15) is 0 Å². The van der Waals surface area contributed by atoms with Crippen molar-refractivity contribution in [3.63, 3.8) is 0 Å². The molecule has 0 aliphatic carbocycles. The fraction of sp³-hybridized carbons (Fsp3) is 0.455. The third kappa shape index (κ3) is 3.05. The molecule has 2 heteroatoms. The lowest BCUT2D eigenvalue weighted by molar-refractivity contribution is 0.0598. The minimum atomic E-state index is 0.235. The molecule has 13 heavy (non-hydrogen) atoms. The van der Waals surface area contributed by atoms with Gasteiger partial charge in [-0.3, -0.25) is 0 Å². The molecule has 0 fully saturated rings. The van der Waals surface area contributed by atoms with Gasteiger partial charge in [0.2, 0.25) is 0 Å². The maximum Gasteiger partial charge on any atom is 0.0822 e. The highest BCUT2D eigenvalue weighted by atomic mass is 32.1. The van der Waals surface area contributed by atoms with E-state index in [-0.39, 0.29) is 6.10 Å². The Balaban J connectivity index is 2.73. The Morgan fingerprint density at radius 2 is 1.85 bits per heavy atom. The van der Waals surface area contributed by atoms with Crippen LogP contribution in [0, 0.1) is 0 Å². The van der Waals surface area contributed by atoms with E-state index >= 15 is 0 Å². The molecule has 0 N–H and O–H groups in total. The van der Waals surface area contributed by atoms with Gasteiger partial charge in [0, 0.05) is 11.5 Å². The number of hydrogen-bond donors (Lipinski definition) is 1. The van der Waals surface area contributed by atoms with Crippen molar-refractivity contribution in [3.8, 4) is 0 Å². The third-order valence-corrected chi connectivity index (χ3v) is 2.30. The molecule has 1 unspecified atom stereocenters. The molecular weight excluding hydrogens is 180 g/mol. The highest BCUT2D eigenvalue weighted by molar-refractivity contribution is 7.80. The monoisotopic (exact) mass is 196 g/mol. The van der Waals surface area contributed by atoms with E-state index in [2.05, 4.69) is 31.7 Å². The fourth-order valence-corrected chi connectivity index (χ4v) is 1.49. The summed E-state index contributed by atoms with van der Waals surface area (Å²) in [6.45, 7) is 4.92. The predicted molar refractivity (Wildman–Crippen MR) is 58.4 cm³/mol. The zero-order chi connectivity index (χ0) is 9.68. The maximum absolute atomic E-state index is 5.59. The minimum absolute atomic E-state index is 0.235. The van der Waals surface area contributed by atoms with Crippen molar-refractivity contribution in [1.29, 1.82) is 0 Å². The first-order chi connectivity index (χ1) is 6.27. The molecule has 0 heterocycles.